The van der Waals surface area contributed by atoms with Crippen LogP contribution in [-0.2, 0) is 9.53 Å². The highest BCUT2D eigenvalue weighted by atomic mass is 16.5. The van der Waals surface area contributed by atoms with Gasteiger partial charge in [-0.05, 0) is 49.2 Å². The number of para-hydroxylation sites is 1. The van der Waals surface area contributed by atoms with Crippen LogP contribution in [0, 0.1) is 5.41 Å². The summed E-state index contributed by atoms with van der Waals surface area (Å²) in [4.78, 5) is 22.3. The molecule has 0 aliphatic carbocycles. The van der Waals surface area contributed by atoms with Crippen molar-refractivity contribution in [3.05, 3.63) is 72.1 Å². The number of nitrogen functional groups attached to an aromatic ring is 1. The Morgan fingerprint density at radius 2 is 1.89 bits per heavy atom. The molecule has 2 aromatic carbocycles. The maximum absolute atomic E-state index is 12.1. The molecule has 1 aromatic heterocycles. The molecule has 3 aromatic rings. The number of carbonyl (C=O) groups is 1. The lowest BCUT2D eigenvalue weighted by Crippen LogP contribution is -2.34. The first-order chi connectivity index (χ1) is 17.4. The standard InChI is InChI=1S/C27H32N6O3/c1-3-7-23(34)33(2)15-22-14-19(16-35-22)32-27-24(26(29)30-17-31-27)25(28)18-10-12-21(13-11-18)36-20-8-5-4-6-9-20/h4-6,8-13,17,19,22,28H,3,7,14-16H2,1-2H3,(H3,29,30,31,32). The first-order valence-corrected chi connectivity index (χ1v) is 12.1. The molecule has 2 unspecified atom stereocenters. The van der Waals surface area contributed by atoms with Crippen molar-refractivity contribution in [3.63, 3.8) is 0 Å². The fourth-order valence-corrected chi connectivity index (χ4v) is 4.15. The fourth-order valence-electron chi connectivity index (χ4n) is 4.15. The van der Waals surface area contributed by atoms with Crippen molar-refractivity contribution < 1.29 is 14.3 Å². The van der Waals surface area contributed by atoms with Gasteiger partial charge in [-0.3, -0.25) is 10.2 Å². The van der Waals surface area contributed by atoms with E-state index in [1.54, 1.807) is 4.90 Å². The van der Waals surface area contributed by atoms with Crippen molar-refractivity contribution in [2.24, 2.45) is 0 Å². The number of hydrogen-bond donors (Lipinski definition) is 3. The van der Waals surface area contributed by atoms with Gasteiger partial charge < -0.3 is 25.4 Å². The van der Waals surface area contributed by atoms with E-state index in [4.69, 9.17) is 20.6 Å². The SMILES string of the molecule is CCCC(=O)N(C)CC1CC(Nc2ncnc(N)c2C(=N)c2ccc(Oc3ccccc3)cc2)CO1. The zero-order chi connectivity index (χ0) is 25.5. The number of ether oxygens (including phenoxy) is 2. The Kier molecular flexibility index (Phi) is 8.12. The summed E-state index contributed by atoms with van der Waals surface area (Å²) in [6, 6.07) is 16.8. The van der Waals surface area contributed by atoms with E-state index < -0.39 is 0 Å². The van der Waals surface area contributed by atoms with Crippen LogP contribution < -0.4 is 15.8 Å². The summed E-state index contributed by atoms with van der Waals surface area (Å²) in [5, 5.41) is 12.2. The molecular weight excluding hydrogens is 456 g/mol. The van der Waals surface area contributed by atoms with E-state index in [1.807, 2.05) is 68.6 Å². The highest BCUT2D eigenvalue weighted by Gasteiger charge is 2.29. The molecule has 1 fully saturated rings. The van der Waals surface area contributed by atoms with Gasteiger partial charge >= 0.3 is 0 Å². The van der Waals surface area contributed by atoms with E-state index in [2.05, 4.69) is 15.3 Å². The predicted octanol–water partition coefficient (Wildman–Crippen LogP) is 4.10. The van der Waals surface area contributed by atoms with Gasteiger partial charge in [0.25, 0.3) is 0 Å². The Labute approximate surface area is 211 Å². The molecule has 2 heterocycles. The van der Waals surface area contributed by atoms with Gasteiger partial charge in [-0.1, -0.05) is 25.1 Å². The van der Waals surface area contributed by atoms with E-state index in [0.717, 1.165) is 12.2 Å². The minimum atomic E-state index is -0.0625. The Bertz CT molecular complexity index is 1190. The number of benzene rings is 2. The molecule has 4 rings (SSSR count). The van der Waals surface area contributed by atoms with Crippen molar-refractivity contribution in [2.45, 2.75) is 38.3 Å². The lowest BCUT2D eigenvalue weighted by molar-refractivity contribution is -0.131. The van der Waals surface area contributed by atoms with Gasteiger partial charge in [-0.25, -0.2) is 9.97 Å². The molecule has 9 heteroatoms. The third kappa shape index (κ3) is 6.17. The quantitative estimate of drug-likeness (QED) is 0.367. The molecule has 4 N–H and O–H groups in total. The number of likely N-dealkylation sites (N-methyl/N-ethyl adjacent to an activating group) is 1. The van der Waals surface area contributed by atoms with Gasteiger partial charge in [0.1, 0.15) is 29.5 Å². The summed E-state index contributed by atoms with van der Waals surface area (Å²) < 4.78 is 11.8. The normalized spacial score (nSPS) is 16.9. The average Bonchev–Trinajstić information content (AvgIpc) is 3.31. The van der Waals surface area contributed by atoms with Crippen molar-refractivity contribution >= 4 is 23.3 Å². The highest BCUT2D eigenvalue weighted by Crippen LogP contribution is 2.27. The summed E-state index contributed by atoms with van der Waals surface area (Å²) in [5.41, 5.74) is 7.50. The molecule has 0 radical (unpaired) electrons. The number of rotatable bonds is 10. The Balaban J connectivity index is 1.42. The zero-order valence-electron chi connectivity index (χ0n) is 20.6. The third-order valence-corrected chi connectivity index (χ3v) is 6.04. The molecular formula is C27H32N6O3. The van der Waals surface area contributed by atoms with Crippen LogP contribution in [0.15, 0.2) is 60.9 Å². The molecule has 2 atom stereocenters. The van der Waals surface area contributed by atoms with E-state index in [0.29, 0.717) is 48.7 Å². The van der Waals surface area contributed by atoms with Crippen LogP contribution in [0.5, 0.6) is 11.5 Å². The van der Waals surface area contributed by atoms with Crippen LogP contribution in [0.2, 0.25) is 0 Å². The second-order valence-electron chi connectivity index (χ2n) is 8.85. The van der Waals surface area contributed by atoms with Crippen LogP contribution in [0.1, 0.15) is 37.3 Å². The Morgan fingerprint density at radius 1 is 1.17 bits per heavy atom. The first-order valence-electron chi connectivity index (χ1n) is 12.1. The van der Waals surface area contributed by atoms with E-state index in [-0.39, 0.29) is 29.6 Å². The number of amides is 1. The second kappa shape index (κ2) is 11.6. The molecule has 188 valence electrons. The number of carbonyl (C=O) groups excluding carboxylic acids is 1. The number of nitrogens with two attached hydrogens (primary N) is 1. The molecule has 0 saturated carbocycles. The molecule has 0 spiro atoms. The number of aromatic nitrogens is 2. The fraction of sp³-hybridized carbons (Fsp3) is 0.333. The molecule has 0 bridgehead atoms. The minimum absolute atomic E-state index is 0.0211. The van der Waals surface area contributed by atoms with Crippen molar-refractivity contribution in [2.75, 3.05) is 31.2 Å². The van der Waals surface area contributed by atoms with Crippen LogP contribution in [0.4, 0.5) is 11.6 Å². The van der Waals surface area contributed by atoms with E-state index in [1.165, 1.54) is 6.33 Å². The van der Waals surface area contributed by atoms with Crippen LogP contribution in [-0.4, -0.2) is 58.8 Å². The lowest BCUT2D eigenvalue weighted by atomic mass is 10.0. The zero-order valence-corrected chi connectivity index (χ0v) is 20.6. The predicted molar refractivity (Wildman–Crippen MR) is 140 cm³/mol. The topological polar surface area (TPSA) is 126 Å². The maximum atomic E-state index is 12.1. The number of nitrogens with zero attached hydrogens (tertiary/aromatic N) is 3. The molecule has 36 heavy (non-hydrogen) atoms. The molecule has 1 aliphatic rings. The maximum Gasteiger partial charge on any atom is 0.222 e. The summed E-state index contributed by atoms with van der Waals surface area (Å²) in [7, 11) is 1.81. The average molecular weight is 489 g/mol. The van der Waals surface area contributed by atoms with Gasteiger partial charge in [-0.2, -0.15) is 0 Å². The van der Waals surface area contributed by atoms with Gasteiger partial charge in [-0.15, -0.1) is 0 Å². The molecule has 1 aliphatic heterocycles. The van der Waals surface area contributed by atoms with Gasteiger partial charge in [0.2, 0.25) is 5.91 Å². The summed E-state index contributed by atoms with van der Waals surface area (Å²) in [5.74, 6) is 2.25. The van der Waals surface area contributed by atoms with Crippen molar-refractivity contribution in [1.29, 1.82) is 5.41 Å². The van der Waals surface area contributed by atoms with Crippen LogP contribution >= 0.6 is 0 Å². The van der Waals surface area contributed by atoms with Crippen LogP contribution in [0.3, 0.4) is 0 Å². The number of nitrogens with one attached hydrogen (secondary N) is 2. The van der Waals surface area contributed by atoms with Crippen LogP contribution in [0.25, 0.3) is 0 Å². The molecule has 9 nitrogen and oxygen atoms in total. The summed E-state index contributed by atoms with van der Waals surface area (Å²) in [6.07, 6.45) is 3.40. The van der Waals surface area contributed by atoms with Crippen molar-refractivity contribution in [1.82, 2.24) is 14.9 Å². The van der Waals surface area contributed by atoms with E-state index in [9.17, 15) is 4.79 Å². The smallest absolute Gasteiger partial charge is 0.222 e. The third-order valence-electron chi connectivity index (χ3n) is 6.04. The second-order valence-corrected chi connectivity index (χ2v) is 8.85. The Morgan fingerprint density at radius 3 is 2.61 bits per heavy atom. The van der Waals surface area contributed by atoms with Gasteiger partial charge in [0.05, 0.1) is 30.0 Å². The highest BCUT2D eigenvalue weighted by molar-refractivity contribution is 6.16. The van der Waals surface area contributed by atoms with Gasteiger partial charge in [0, 0.05) is 25.6 Å². The molecule has 1 saturated heterocycles. The van der Waals surface area contributed by atoms with Crippen molar-refractivity contribution in [3.8, 4) is 11.5 Å². The summed E-state index contributed by atoms with van der Waals surface area (Å²) in [6.45, 7) is 3.01. The number of hydrogen-bond acceptors (Lipinski definition) is 8. The number of anilines is 2. The molecule has 1 amide bonds. The largest absolute Gasteiger partial charge is 0.457 e. The van der Waals surface area contributed by atoms with E-state index >= 15 is 0 Å². The summed E-state index contributed by atoms with van der Waals surface area (Å²) >= 11 is 0. The van der Waals surface area contributed by atoms with Gasteiger partial charge in [0.15, 0.2) is 0 Å². The minimum Gasteiger partial charge on any atom is -0.457 e. The first kappa shape index (κ1) is 25.1. The monoisotopic (exact) mass is 488 g/mol. The Hall–Kier alpha value is -3.98. The lowest BCUT2D eigenvalue weighted by Gasteiger charge is -2.21.